The van der Waals surface area contributed by atoms with E-state index < -0.39 is 0 Å². The van der Waals surface area contributed by atoms with E-state index in [4.69, 9.17) is 4.42 Å². The van der Waals surface area contributed by atoms with Crippen LogP contribution in [0.25, 0.3) is 119 Å². The molecule has 0 spiro atoms. The molecule has 0 radical (unpaired) electrons. The number of hydrogen-bond acceptors (Lipinski definition) is 3. The highest BCUT2D eigenvalue weighted by Crippen LogP contribution is 2.48. The second-order valence-electron chi connectivity index (χ2n) is 18.4. The lowest BCUT2D eigenvalue weighted by atomic mass is 9.92. The molecule has 0 aliphatic carbocycles. The molecular weight excluding hydrogens is 879 g/mol. The maximum absolute atomic E-state index is 6.96. The molecule has 2 nitrogen and oxygen atoms in total. The summed E-state index contributed by atoms with van der Waals surface area (Å²) in [5, 5.41) is 9.65. The van der Waals surface area contributed by atoms with Gasteiger partial charge in [0.1, 0.15) is 11.2 Å². The number of rotatable bonds is 8. The minimum Gasteiger partial charge on any atom is -0.455 e. The molecule has 332 valence electrons. The molecule has 2 aromatic heterocycles. The van der Waals surface area contributed by atoms with E-state index in [1.165, 1.54) is 75.1 Å². The zero-order chi connectivity index (χ0) is 46.8. The smallest absolute Gasteiger partial charge is 0.145 e. The second-order valence-corrected chi connectivity index (χ2v) is 19.4. The second kappa shape index (κ2) is 16.9. The van der Waals surface area contributed by atoms with Crippen molar-refractivity contribution in [3.8, 4) is 55.6 Å². The van der Waals surface area contributed by atoms with Crippen molar-refractivity contribution in [1.29, 1.82) is 0 Å². The van der Waals surface area contributed by atoms with Gasteiger partial charge in [-0.05, 0) is 138 Å². The van der Waals surface area contributed by atoms with Crippen LogP contribution in [0.3, 0.4) is 0 Å². The summed E-state index contributed by atoms with van der Waals surface area (Å²) < 4.78 is 9.57. The molecule has 0 unspecified atom stereocenters. The van der Waals surface area contributed by atoms with Crippen molar-refractivity contribution < 1.29 is 4.42 Å². The van der Waals surface area contributed by atoms with Crippen LogP contribution in [0.4, 0.5) is 17.1 Å². The van der Waals surface area contributed by atoms with E-state index in [1.807, 2.05) is 11.3 Å². The Bertz CT molecular complexity index is 4340. The number of fused-ring (bicyclic) bond motifs is 8. The van der Waals surface area contributed by atoms with Gasteiger partial charge in [0.05, 0.1) is 11.1 Å². The predicted octanol–water partition coefficient (Wildman–Crippen LogP) is 20.1. The largest absolute Gasteiger partial charge is 0.455 e. The maximum Gasteiger partial charge on any atom is 0.145 e. The van der Waals surface area contributed by atoms with E-state index in [0.29, 0.717) is 0 Å². The lowest BCUT2D eigenvalue weighted by molar-refractivity contribution is 0.670. The monoisotopic (exact) mass is 921 g/mol. The van der Waals surface area contributed by atoms with Crippen molar-refractivity contribution in [1.82, 2.24) is 0 Å². The van der Waals surface area contributed by atoms with Crippen LogP contribution in [0.5, 0.6) is 0 Å². The molecule has 0 aliphatic rings. The highest BCUT2D eigenvalue weighted by atomic mass is 32.1. The topological polar surface area (TPSA) is 16.4 Å². The summed E-state index contributed by atoms with van der Waals surface area (Å²) >= 11 is 1.86. The Labute approximate surface area is 415 Å². The SMILES string of the molecule is c1cc(-c2ccc(N(c3ccc(-c4ccccc4-c4cccc5sc6ccccc6c45)cc3)c3ccc(-c4cccc5ccccc45)c4oc5ccccc5c34)cc2)cc(-c2ccc3ccccc3c2)c1. The molecule has 0 aliphatic heterocycles. The van der Waals surface area contributed by atoms with Gasteiger partial charge in [-0.25, -0.2) is 0 Å². The quantitative estimate of drug-likeness (QED) is 0.151. The Hall–Kier alpha value is -9.02. The Kier molecular flexibility index (Phi) is 9.75. The van der Waals surface area contributed by atoms with Gasteiger partial charge in [0, 0.05) is 42.5 Å². The molecule has 71 heavy (non-hydrogen) atoms. The van der Waals surface area contributed by atoms with E-state index in [-0.39, 0.29) is 0 Å². The third-order valence-corrected chi connectivity index (χ3v) is 15.4. The zero-order valence-electron chi connectivity index (χ0n) is 38.6. The molecule has 0 atom stereocenters. The first-order chi connectivity index (χ1) is 35.2. The first-order valence-corrected chi connectivity index (χ1v) is 25.0. The van der Waals surface area contributed by atoms with Gasteiger partial charge in [0.15, 0.2) is 0 Å². The predicted molar refractivity (Wildman–Crippen MR) is 303 cm³/mol. The van der Waals surface area contributed by atoms with E-state index in [0.717, 1.165) is 61.3 Å². The highest BCUT2D eigenvalue weighted by Gasteiger charge is 2.24. The number of nitrogens with zero attached hydrogens (tertiary/aromatic N) is 1. The minimum absolute atomic E-state index is 0.860. The van der Waals surface area contributed by atoms with Crippen molar-refractivity contribution in [3.63, 3.8) is 0 Å². The number of hydrogen-bond donors (Lipinski definition) is 0. The molecule has 0 fully saturated rings. The molecule has 14 aromatic rings. The van der Waals surface area contributed by atoms with Gasteiger partial charge in [-0.15, -0.1) is 11.3 Å². The van der Waals surface area contributed by atoms with E-state index in [2.05, 4.69) is 266 Å². The summed E-state index contributed by atoms with van der Waals surface area (Å²) in [6, 6.07) is 94.9. The summed E-state index contributed by atoms with van der Waals surface area (Å²) in [6.07, 6.45) is 0. The van der Waals surface area contributed by atoms with E-state index in [1.54, 1.807) is 0 Å². The van der Waals surface area contributed by atoms with Crippen LogP contribution in [0.15, 0.2) is 265 Å². The third kappa shape index (κ3) is 7.01. The van der Waals surface area contributed by atoms with Crippen LogP contribution >= 0.6 is 11.3 Å². The summed E-state index contributed by atoms with van der Waals surface area (Å²) in [5.41, 5.74) is 16.7. The van der Waals surface area contributed by atoms with Gasteiger partial charge in [-0.3, -0.25) is 0 Å². The lowest BCUT2D eigenvalue weighted by Gasteiger charge is -2.27. The summed E-state index contributed by atoms with van der Waals surface area (Å²) in [7, 11) is 0. The number of benzene rings is 12. The Morgan fingerprint density at radius 3 is 1.69 bits per heavy atom. The van der Waals surface area contributed by atoms with Crippen LogP contribution < -0.4 is 4.90 Å². The molecule has 12 aromatic carbocycles. The fourth-order valence-electron chi connectivity index (χ4n) is 10.9. The van der Waals surface area contributed by atoms with Gasteiger partial charge in [0.25, 0.3) is 0 Å². The van der Waals surface area contributed by atoms with Gasteiger partial charge in [0.2, 0.25) is 0 Å². The molecule has 14 rings (SSSR count). The Morgan fingerprint density at radius 1 is 0.296 bits per heavy atom. The third-order valence-electron chi connectivity index (χ3n) is 14.3. The molecule has 2 heterocycles. The molecule has 3 heteroatoms. The summed E-state index contributed by atoms with van der Waals surface area (Å²) in [5.74, 6) is 0. The highest BCUT2D eigenvalue weighted by molar-refractivity contribution is 7.25. The lowest BCUT2D eigenvalue weighted by Crippen LogP contribution is -2.10. The van der Waals surface area contributed by atoms with Crippen molar-refractivity contribution >= 4 is 92.1 Å². The Morgan fingerprint density at radius 2 is 0.859 bits per heavy atom. The number of anilines is 3. The zero-order valence-corrected chi connectivity index (χ0v) is 39.4. The Balaban J connectivity index is 0.921. The average molecular weight is 922 g/mol. The molecule has 0 N–H and O–H groups in total. The minimum atomic E-state index is 0.860. The summed E-state index contributed by atoms with van der Waals surface area (Å²) in [4.78, 5) is 2.40. The van der Waals surface area contributed by atoms with Crippen molar-refractivity contribution in [2.75, 3.05) is 4.90 Å². The van der Waals surface area contributed by atoms with Crippen LogP contribution in [-0.4, -0.2) is 0 Å². The van der Waals surface area contributed by atoms with Crippen LogP contribution in [0, 0.1) is 0 Å². The number of thiophene rings is 1. The van der Waals surface area contributed by atoms with Gasteiger partial charge >= 0.3 is 0 Å². The average Bonchev–Trinajstić information content (AvgIpc) is 4.03. The van der Waals surface area contributed by atoms with Gasteiger partial charge in [-0.1, -0.05) is 194 Å². The van der Waals surface area contributed by atoms with Crippen molar-refractivity contribution in [2.45, 2.75) is 0 Å². The van der Waals surface area contributed by atoms with Gasteiger partial charge < -0.3 is 9.32 Å². The van der Waals surface area contributed by atoms with Gasteiger partial charge in [-0.2, -0.15) is 0 Å². The number of furan rings is 1. The van der Waals surface area contributed by atoms with Crippen LogP contribution in [0.1, 0.15) is 0 Å². The van der Waals surface area contributed by atoms with Crippen LogP contribution in [0.2, 0.25) is 0 Å². The normalized spacial score (nSPS) is 11.7. The van der Waals surface area contributed by atoms with E-state index >= 15 is 0 Å². The molecule has 0 saturated heterocycles. The first kappa shape index (κ1) is 41.0. The summed E-state index contributed by atoms with van der Waals surface area (Å²) in [6.45, 7) is 0. The molecule has 0 saturated carbocycles. The fraction of sp³-hybridized carbons (Fsp3) is 0. The fourth-order valence-corrected chi connectivity index (χ4v) is 12.0. The van der Waals surface area contributed by atoms with Crippen LogP contribution in [-0.2, 0) is 0 Å². The van der Waals surface area contributed by atoms with Crippen molar-refractivity contribution in [2.24, 2.45) is 0 Å². The van der Waals surface area contributed by atoms with E-state index in [9.17, 15) is 0 Å². The molecule has 0 amide bonds. The molecular formula is C68H43NOS. The number of para-hydroxylation sites is 1. The molecule has 0 bridgehead atoms. The maximum atomic E-state index is 6.96. The standard InChI is InChI=1S/C68H43NOS/c1-2-16-48-43-51(31-30-44(48)14-1)50-19-11-18-49(42-50)45-32-36-52(37-33-45)69(62-41-40-59(57-25-12-17-46-15-3-4-20-54(46)57)68-67(62)60-23-7-9-27-63(60)70-68)53-38-34-47(35-39-53)55-21-5-6-22-56(55)58-26-13-29-65-66(58)61-24-8-10-28-64(61)71-65/h1-43H. The van der Waals surface area contributed by atoms with Crippen molar-refractivity contribution in [3.05, 3.63) is 261 Å². The first-order valence-electron chi connectivity index (χ1n) is 24.2.